The molecule has 0 spiro atoms. The normalized spacial score (nSPS) is 22.0. The van der Waals surface area contributed by atoms with Crippen LogP contribution in [-0.2, 0) is 20.7 Å². The number of nitrogens with zero attached hydrogens (tertiary/aromatic N) is 4. The first-order valence-corrected chi connectivity index (χ1v) is 12.4. The standard InChI is InChI=1S/C31H26N4O2/c1-2-37-29(36)28-23-34(26-19-11-5-12-20-26)31(25-17-9-4-10-18-25)30(28,24-15-7-3-8-16-24)32-35(33-31)27-21-13-6-14-22-27/h3-23H,2H2,1H3/t30-,31+/m0/s1. The molecule has 0 fully saturated rings. The molecule has 0 radical (unpaired) electrons. The lowest BCUT2D eigenvalue weighted by Gasteiger charge is -2.47. The number of ether oxygens (including phenoxy) is 1. The van der Waals surface area contributed by atoms with Crippen molar-refractivity contribution in [3.63, 3.8) is 0 Å². The number of azo groups is 1. The van der Waals surface area contributed by atoms with Gasteiger partial charge in [0.25, 0.3) is 0 Å². The zero-order chi connectivity index (χ0) is 25.3. The summed E-state index contributed by atoms with van der Waals surface area (Å²) in [5.41, 5.74) is 6.88. The van der Waals surface area contributed by atoms with Gasteiger partial charge in [-0.15, -0.1) is 4.81 Å². The highest BCUT2D eigenvalue weighted by Gasteiger charge is 2.67. The monoisotopic (exact) mass is 486 g/mol. The van der Waals surface area contributed by atoms with Crippen molar-refractivity contribution in [3.8, 4) is 0 Å². The quantitative estimate of drug-likeness (QED) is 0.222. The Bertz CT molecular complexity index is 1470. The van der Waals surface area contributed by atoms with Crippen molar-refractivity contribution in [2.24, 2.45) is 5.11 Å². The predicted octanol–water partition coefficient (Wildman–Crippen LogP) is 6.80. The number of esters is 1. The Hall–Kier alpha value is -4.71. The minimum absolute atomic E-state index is 0.254. The lowest BCUT2D eigenvalue weighted by Crippen LogP contribution is -2.52. The molecule has 2 heterocycles. The van der Waals surface area contributed by atoms with Crippen molar-refractivity contribution in [1.29, 1.82) is 0 Å². The molecule has 6 heteroatoms. The molecule has 2 atom stereocenters. The van der Waals surface area contributed by atoms with Gasteiger partial charge in [0.05, 0.1) is 12.2 Å². The molecule has 4 aromatic carbocycles. The lowest BCUT2D eigenvalue weighted by molar-refractivity contribution is -0.457. The minimum Gasteiger partial charge on any atom is -0.463 e. The first-order valence-electron chi connectivity index (χ1n) is 12.4. The Morgan fingerprint density at radius 1 is 0.811 bits per heavy atom. The van der Waals surface area contributed by atoms with E-state index in [1.165, 1.54) is 0 Å². The van der Waals surface area contributed by atoms with Gasteiger partial charge in [-0.3, -0.25) is 0 Å². The molecule has 4 aromatic rings. The van der Waals surface area contributed by atoms with Gasteiger partial charge in [-0.2, -0.15) is 10.5 Å². The second kappa shape index (κ2) is 9.06. The van der Waals surface area contributed by atoms with Crippen LogP contribution in [0, 0.1) is 0 Å². The second-order valence-corrected chi connectivity index (χ2v) is 8.91. The number of para-hydroxylation sites is 2. The van der Waals surface area contributed by atoms with E-state index in [1.54, 1.807) is 4.81 Å². The molecule has 0 amide bonds. The van der Waals surface area contributed by atoms with Crippen LogP contribution in [0.15, 0.2) is 138 Å². The van der Waals surface area contributed by atoms with Crippen molar-refractivity contribution >= 4 is 17.3 Å². The van der Waals surface area contributed by atoms with E-state index in [-0.39, 0.29) is 6.61 Å². The van der Waals surface area contributed by atoms with E-state index in [1.807, 2.05) is 134 Å². The van der Waals surface area contributed by atoms with E-state index >= 15 is 0 Å². The van der Waals surface area contributed by atoms with Crippen LogP contribution in [0.5, 0.6) is 0 Å². The number of fused-ring (bicyclic) bond motifs is 1. The average Bonchev–Trinajstić information content (AvgIpc) is 3.47. The van der Waals surface area contributed by atoms with E-state index in [0.717, 1.165) is 22.5 Å². The molecule has 0 unspecified atom stereocenters. The van der Waals surface area contributed by atoms with Crippen molar-refractivity contribution in [2.45, 2.75) is 18.1 Å². The Morgan fingerprint density at radius 2 is 1.35 bits per heavy atom. The van der Waals surface area contributed by atoms with Crippen LogP contribution in [0.25, 0.3) is 5.43 Å². The summed E-state index contributed by atoms with van der Waals surface area (Å²) in [7, 11) is 0. The topological polar surface area (TPSA) is 59.0 Å². The molecule has 0 aliphatic carbocycles. The fraction of sp³-hybridized carbons (Fsp3) is 0.129. The molecule has 0 saturated carbocycles. The van der Waals surface area contributed by atoms with Crippen molar-refractivity contribution < 1.29 is 14.3 Å². The Kier molecular flexibility index (Phi) is 5.57. The highest BCUT2D eigenvalue weighted by Crippen LogP contribution is 2.64. The first kappa shape index (κ1) is 22.7. The molecule has 6 rings (SSSR count). The molecule has 0 N–H and O–H groups in total. The maximum Gasteiger partial charge on any atom is 0.336 e. The van der Waals surface area contributed by atoms with Gasteiger partial charge in [0.2, 0.25) is 5.69 Å². The van der Waals surface area contributed by atoms with Crippen molar-refractivity contribution in [1.82, 2.24) is 0 Å². The van der Waals surface area contributed by atoms with Crippen LogP contribution in [-0.4, -0.2) is 17.4 Å². The highest BCUT2D eigenvalue weighted by atomic mass is 16.5. The molecule has 6 nitrogen and oxygen atoms in total. The summed E-state index contributed by atoms with van der Waals surface area (Å²) in [6.45, 7) is 2.07. The van der Waals surface area contributed by atoms with E-state index in [4.69, 9.17) is 15.3 Å². The molecule has 2 aliphatic rings. The molecule has 182 valence electrons. The van der Waals surface area contributed by atoms with Gasteiger partial charge in [-0.25, -0.2) is 4.79 Å². The number of hydrogen-bond donors (Lipinski definition) is 0. The van der Waals surface area contributed by atoms with Crippen LogP contribution in [0.4, 0.5) is 11.4 Å². The van der Waals surface area contributed by atoms with Gasteiger partial charge >= 0.3 is 5.97 Å². The molecule has 0 bridgehead atoms. The smallest absolute Gasteiger partial charge is 0.336 e. The number of hydrogen-bond acceptors (Lipinski definition) is 4. The summed E-state index contributed by atoms with van der Waals surface area (Å²) >= 11 is 0. The maximum atomic E-state index is 13.7. The molecule has 0 saturated heterocycles. The van der Waals surface area contributed by atoms with E-state index in [2.05, 4.69) is 4.90 Å². The van der Waals surface area contributed by atoms with Crippen LogP contribution in [0.3, 0.4) is 0 Å². The van der Waals surface area contributed by atoms with E-state index in [9.17, 15) is 4.79 Å². The number of anilines is 1. The number of carbonyl (C=O) groups excluding carboxylic acids is 1. The van der Waals surface area contributed by atoms with Crippen molar-refractivity contribution in [2.75, 3.05) is 11.5 Å². The third-order valence-electron chi connectivity index (χ3n) is 6.87. The van der Waals surface area contributed by atoms with Crippen LogP contribution < -0.4 is 4.90 Å². The third-order valence-corrected chi connectivity index (χ3v) is 6.87. The van der Waals surface area contributed by atoms with Crippen molar-refractivity contribution in [3.05, 3.63) is 150 Å². The van der Waals surface area contributed by atoms with Crippen LogP contribution in [0.1, 0.15) is 18.1 Å². The SMILES string of the molecule is CCOC(=O)C1=CN(c2ccccc2)[C@@]2(c3ccccc3)[N-][N+](c3ccccc3)=N[C@@]12c1ccccc1. The maximum absolute atomic E-state index is 13.7. The second-order valence-electron chi connectivity index (χ2n) is 8.91. The summed E-state index contributed by atoms with van der Waals surface area (Å²) in [5, 5.41) is 5.29. The molecule has 0 aromatic heterocycles. The summed E-state index contributed by atoms with van der Waals surface area (Å²) in [4.78, 5) is 17.5. The third kappa shape index (κ3) is 3.37. The fourth-order valence-corrected chi connectivity index (χ4v) is 5.33. The Balaban J connectivity index is 1.73. The van der Waals surface area contributed by atoms with Gasteiger partial charge in [0.15, 0.2) is 0 Å². The summed E-state index contributed by atoms with van der Waals surface area (Å²) in [5.74, 6) is -0.418. The average molecular weight is 487 g/mol. The minimum atomic E-state index is -1.21. The van der Waals surface area contributed by atoms with E-state index < -0.39 is 17.2 Å². The highest BCUT2D eigenvalue weighted by molar-refractivity contribution is 5.95. The molecular weight excluding hydrogens is 460 g/mol. The van der Waals surface area contributed by atoms with Gasteiger partial charge in [0.1, 0.15) is 11.2 Å². The van der Waals surface area contributed by atoms with Gasteiger partial charge in [0, 0.05) is 24.0 Å². The molecule has 2 aliphatic heterocycles. The number of rotatable bonds is 6. The van der Waals surface area contributed by atoms with Gasteiger partial charge < -0.3 is 9.64 Å². The summed E-state index contributed by atoms with van der Waals surface area (Å²) in [6, 6.07) is 39.7. The van der Waals surface area contributed by atoms with E-state index in [0.29, 0.717) is 5.57 Å². The Labute approximate surface area is 216 Å². The fourth-order valence-electron chi connectivity index (χ4n) is 5.33. The molecule has 37 heavy (non-hydrogen) atoms. The Morgan fingerprint density at radius 3 is 1.95 bits per heavy atom. The van der Waals surface area contributed by atoms with Crippen LogP contribution in [0.2, 0.25) is 0 Å². The van der Waals surface area contributed by atoms with Gasteiger partial charge in [-0.05, 0) is 30.2 Å². The van der Waals surface area contributed by atoms with Gasteiger partial charge in [-0.1, -0.05) is 97.1 Å². The molecular formula is C31H26N4O2. The number of carbonyl (C=O) groups is 1. The summed E-state index contributed by atoms with van der Waals surface area (Å²) in [6.07, 6.45) is 1.86. The number of benzene rings is 4. The summed E-state index contributed by atoms with van der Waals surface area (Å²) < 4.78 is 5.63. The zero-order valence-electron chi connectivity index (χ0n) is 20.4. The lowest BCUT2D eigenvalue weighted by atomic mass is 9.72. The predicted molar refractivity (Wildman–Crippen MR) is 142 cm³/mol. The zero-order valence-corrected chi connectivity index (χ0v) is 20.4. The largest absolute Gasteiger partial charge is 0.463 e. The van der Waals surface area contributed by atoms with Crippen LogP contribution >= 0.6 is 0 Å². The first-order chi connectivity index (χ1) is 18.2.